The Labute approximate surface area is 187 Å². The minimum Gasteiger partial charge on any atom is -0.449 e. The average molecular weight is 453 g/mol. The van der Waals surface area contributed by atoms with Crippen molar-refractivity contribution in [1.29, 1.82) is 0 Å². The molecule has 166 valence electrons. The summed E-state index contributed by atoms with van der Waals surface area (Å²) >= 11 is 0. The van der Waals surface area contributed by atoms with Crippen LogP contribution in [0, 0.1) is 0 Å². The van der Waals surface area contributed by atoms with E-state index in [-0.39, 0.29) is 17.0 Å². The number of ether oxygens (including phenoxy) is 1. The van der Waals surface area contributed by atoms with Gasteiger partial charge in [-0.1, -0.05) is 36.4 Å². The number of esters is 1. The van der Waals surface area contributed by atoms with E-state index in [0.717, 1.165) is 0 Å². The van der Waals surface area contributed by atoms with Gasteiger partial charge >= 0.3 is 5.97 Å². The predicted molar refractivity (Wildman–Crippen MR) is 123 cm³/mol. The first-order chi connectivity index (χ1) is 15.3. The third kappa shape index (κ3) is 5.33. The lowest BCUT2D eigenvalue weighted by Gasteiger charge is -2.23. The molecule has 0 heterocycles. The summed E-state index contributed by atoms with van der Waals surface area (Å²) in [6, 6.07) is 23.0. The molecule has 0 aliphatic heterocycles. The molecule has 32 heavy (non-hydrogen) atoms. The van der Waals surface area contributed by atoms with Gasteiger partial charge in [0.2, 0.25) is 0 Å². The number of amides is 1. The second kappa shape index (κ2) is 10.1. The molecule has 1 N–H and O–H groups in total. The predicted octanol–water partition coefficient (Wildman–Crippen LogP) is 4.09. The van der Waals surface area contributed by atoms with Crippen LogP contribution in [-0.2, 0) is 19.6 Å². The molecular weight excluding hydrogens is 428 g/mol. The Bertz CT molecular complexity index is 1160. The number of nitrogens with zero attached hydrogens (tertiary/aromatic N) is 1. The van der Waals surface area contributed by atoms with Gasteiger partial charge in [-0.3, -0.25) is 9.10 Å². The van der Waals surface area contributed by atoms with E-state index in [0.29, 0.717) is 11.4 Å². The van der Waals surface area contributed by atoms with Gasteiger partial charge in [0.05, 0.1) is 16.1 Å². The largest absolute Gasteiger partial charge is 0.449 e. The first-order valence-electron chi connectivity index (χ1n) is 10.1. The van der Waals surface area contributed by atoms with E-state index in [1.165, 1.54) is 35.5 Å². The van der Waals surface area contributed by atoms with Gasteiger partial charge in [0, 0.05) is 12.2 Å². The molecule has 0 spiro atoms. The van der Waals surface area contributed by atoms with Gasteiger partial charge in [0.25, 0.3) is 15.9 Å². The highest BCUT2D eigenvalue weighted by molar-refractivity contribution is 7.92. The fourth-order valence-electron chi connectivity index (χ4n) is 3.02. The maximum Gasteiger partial charge on any atom is 0.338 e. The molecule has 0 radical (unpaired) electrons. The van der Waals surface area contributed by atoms with Crippen LogP contribution in [0.5, 0.6) is 0 Å². The van der Waals surface area contributed by atoms with Gasteiger partial charge < -0.3 is 10.1 Å². The van der Waals surface area contributed by atoms with E-state index in [1.54, 1.807) is 55.5 Å². The first-order valence-corrected chi connectivity index (χ1v) is 11.5. The lowest BCUT2D eigenvalue weighted by Crippen LogP contribution is -2.31. The van der Waals surface area contributed by atoms with Crippen molar-refractivity contribution < 1.29 is 22.7 Å². The molecule has 3 rings (SSSR count). The molecule has 0 aromatic heterocycles. The lowest BCUT2D eigenvalue weighted by atomic mass is 10.2. The van der Waals surface area contributed by atoms with E-state index < -0.39 is 28.0 Å². The first kappa shape index (κ1) is 23.0. The Kier molecular flexibility index (Phi) is 7.27. The summed E-state index contributed by atoms with van der Waals surface area (Å²) in [4.78, 5) is 24.7. The van der Waals surface area contributed by atoms with Crippen LogP contribution in [0.4, 0.5) is 11.4 Å². The number of nitrogens with one attached hydrogen (secondary N) is 1. The number of hydrogen-bond acceptors (Lipinski definition) is 5. The Hall–Kier alpha value is -3.65. The number of benzene rings is 3. The zero-order valence-electron chi connectivity index (χ0n) is 17.8. The smallest absolute Gasteiger partial charge is 0.338 e. The normalized spacial score (nSPS) is 11.9. The average Bonchev–Trinajstić information content (AvgIpc) is 2.80. The van der Waals surface area contributed by atoms with E-state index in [9.17, 15) is 18.0 Å². The number of carbonyl (C=O) groups excluding carboxylic acids is 2. The van der Waals surface area contributed by atoms with Crippen LogP contribution in [0.3, 0.4) is 0 Å². The molecule has 0 saturated carbocycles. The zero-order chi connectivity index (χ0) is 23.1. The summed E-state index contributed by atoms with van der Waals surface area (Å²) in [7, 11) is -3.80. The van der Waals surface area contributed by atoms with Crippen molar-refractivity contribution >= 4 is 33.3 Å². The van der Waals surface area contributed by atoms with Crippen molar-refractivity contribution in [1.82, 2.24) is 0 Å². The summed E-state index contributed by atoms with van der Waals surface area (Å²) in [6.07, 6.45) is -1.03. The van der Waals surface area contributed by atoms with E-state index >= 15 is 0 Å². The third-order valence-electron chi connectivity index (χ3n) is 4.70. The van der Waals surface area contributed by atoms with Gasteiger partial charge in [-0.15, -0.1) is 0 Å². The molecule has 0 aliphatic carbocycles. The highest BCUT2D eigenvalue weighted by Crippen LogP contribution is 2.23. The quantitative estimate of drug-likeness (QED) is 0.520. The van der Waals surface area contributed by atoms with Crippen molar-refractivity contribution in [2.45, 2.75) is 24.8 Å². The van der Waals surface area contributed by atoms with Crippen LogP contribution < -0.4 is 9.62 Å². The molecule has 0 bridgehead atoms. The van der Waals surface area contributed by atoms with E-state index in [2.05, 4.69) is 5.32 Å². The van der Waals surface area contributed by atoms with E-state index in [1.807, 2.05) is 12.1 Å². The lowest BCUT2D eigenvalue weighted by molar-refractivity contribution is -0.123. The van der Waals surface area contributed by atoms with Crippen molar-refractivity contribution in [3.63, 3.8) is 0 Å². The summed E-state index contributed by atoms with van der Waals surface area (Å²) in [6.45, 7) is 3.47. The van der Waals surface area contributed by atoms with Gasteiger partial charge in [-0.25, -0.2) is 13.2 Å². The second-order valence-electron chi connectivity index (χ2n) is 6.93. The molecule has 0 aliphatic rings. The van der Waals surface area contributed by atoms with Crippen LogP contribution in [0.25, 0.3) is 0 Å². The molecule has 0 fully saturated rings. The number of sulfonamides is 1. The van der Waals surface area contributed by atoms with Crippen LogP contribution in [-0.4, -0.2) is 32.9 Å². The molecule has 0 saturated heterocycles. The maximum atomic E-state index is 13.0. The Morgan fingerprint density at radius 2 is 1.47 bits per heavy atom. The Balaban J connectivity index is 1.69. The molecule has 7 nitrogen and oxygen atoms in total. The summed E-state index contributed by atoms with van der Waals surface area (Å²) in [5.74, 6) is -1.19. The Morgan fingerprint density at radius 1 is 0.906 bits per heavy atom. The SMILES string of the molecule is CCN(c1ccccc1)S(=O)(=O)c1ccc(C(=O)O[C@@H](C)C(=O)Nc2ccccc2)cc1. The molecule has 3 aromatic rings. The standard InChI is InChI=1S/C24H24N2O5S/c1-3-26(21-12-8-5-9-13-21)32(29,30)22-16-14-19(15-17-22)24(28)31-18(2)23(27)25-20-10-6-4-7-11-20/h4-18H,3H2,1-2H3,(H,25,27)/t18-/m0/s1. The monoisotopic (exact) mass is 452 g/mol. The van der Waals surface area contributed by atoms with Crippen molar-refractivity contribution in [3.8, 4) is 0 Å². The summed E-state index contributed by atoms with van der Waals surface area (Å²) < 4.78 is 32.6. The number of rotatable bonds is 8. The minimum absolute atomic E-state index is 0.0506. The van der Waals surface area contributed by atoms with Crippen LogP contribution in [0.2, 0.25) is 0 Å². The fraction of sp³-hybridized carbons (Fsp3) is 0.167. The highest BCUT2D eigenvalue weighted by atomic mass is 32.2. The Morgan fingerprint density at radius 3 is 2.03 bits per heavy atom. The third-order valence-corrected chi connectivity index (χ3v) is 6.62. The van der Waals surface area contributed by atoms with Gasteiger partial charge in [0.15, 0.2) is 6.10 Å². The molecule has 1 amide bonds. The fourth-order valence-corrected chi connectivity index (χ4v) is 4.50. The van der Waals surface area contributed by atoms with Crippen molar-refractivity contribution in [2.24, 2.45) is 0 Å². The van der Waals surface area contributed by atoms with Crippen molar-refractivity contribution in [3.05, 3.63) is 90.5 Å². The van der Waals surface area contributed by atoms with Gasteiger partial charge in [0.1, 0.15) is 0 Å². The molecule has 8 heteroatoms. The van der Waals surface area contributed by atoms with Crippen LogP contribution >= 0.6 is 0 Å². The maximum absolute atomic E-state index is 13.0. The molecular formula is C24H24N2O5S. The number of hydrogen-bond donors (Lipinski definition) is 1. The topological polar surface area (TPSA) is 92.8 Å². The number of para-hydroxylation sites is 2. The van der Waals surface area contributed by atoms with E-state index in [4.69, 9.17) is 4.74 Å². The minimum atomic E-state index is -3.80. The van der Waals surface area contributed by atoms with Gasteiger partial charge in [-0.05, 0) is 62.4 Å². The van der Waals surface area contributed by atoms with Crippen LogP contribution in [0.15, 0.2) is 89.8 Å². The van der Waals surface area contributed by atoms with Crippen molar-refractivity contribution in [2.75, 3.05) is 16.2 Å². The molecule has 1 atom stereocenters. The summed E-state index contributed by atoms with van der Waals surface area (Å²) in [5, 5.41) is 2.66. The van der Waals surface area contributed by atoms with Gasteiger partial charge in [-0.2, -0.15) is 0 Å². The second-order valence-corrected chi connectivity index (χ2v) is 8.79. The zero-order valence-corrected chi connectivity index (χ0v) is 18.6. The molecule has 3 aromatic carbocycles. The highest BCUT2D eigenvalue weighted by Gasteiger charge is 2.24. The molecule has 0 unspecified atom stereocenters. The number of carbonyl (C=O) groups is 2. The van der Waals surface area contributed by atoms with Crippen LogP contribution in [0.1, 0.15) is 24.2 Å². The summed E-state index contributed by atoms with van der Waals surface area (Å²) in [5.41, 5.74) is 1.29. The number of anilines is 2.